The van der Waals surface area contributed by atoms with Crippen LogP contribution in [-0.2, 0) is 36.6 Å². The van der Waals surface area contributed by atoms with Crippen molar-refractivity contribution in [3.63, 3.8) is 0 Å². The van der Waals surface area contributed by atoms with Crippen LogP contribution in [0.25, 0.3) is 10.9 Å². The number of carbonyl (C=O) groups excluding carboxylic acids is 3. The monoisotopic (exact) mass is 706 g/mol. The lowest BCUT2D eigenvalue weighted by Gasteiger charge is -2.34. The van der Waals surface area contributed by atoms with Gasteiger partial charge in [-0.15, -0.1) is 0 Å². The predicted molar refractivity (Wildman–Crippen MR) is 198 cm³/mol. The SMILES string of the molecule is CC(=O)NCCn1c(C2CCCN(C(=O)C[C@@H](Cc3ccc(B4OC(C)(C)C(C)(C)O4)cc3)NC(=O)OC(C)(C)C)C2)cc2ccc(Cl)cc21. The van der Waals surface area contributed by atoms with Gasteiger partial charge in [-0.1, -0.05) is 41.9 Å². The van der Waals surface area contributed by atoms with Crippen LogP contribution in [-0.4, -0.2) is 77.0 Å². The summed E-state index contributed by atoms with van der Waals surface area (Å²) in [5, 5.41) is 7.60. The van der Waals surface area contributed by atoms with Crippen LogP contribution in [0.1, 0.15) is 91.8 Å². The zero-order valence-corrected chi connectivity index (χ0v) is 31.5. The van der Waals surface area contributed by atoms with E-state index in [0.717, 1.165) is 40.5 Å². The van der Waals surface area contributed by atoms with E-state index in [1.54, 1.807) is 0 Å². The number of likely N-dealkylation sites (tertiary alicyclic amines) is 1. The highest BCUT2D eigenvalue weighted by molar-refractivity contribution is 6.62. The maximum Gasteiger partial charge on any atom is 0.494 e. The van der Waals surface area contributed by atoms with Crippen molar-refractivity contribution in [2.45, 2.75) is 116 Å². The highest BCUT2D eigenvalue weighted by Crippen LogP contribution is 2.37. The number of benzene rings is 2. The number of nitrogens with zero attached hydrogens (tertiary/aromatic N) is 2. The van der Waals surface area contributed by atoms with E-state index in [-0.39, 0.29) is 24.2 Å². The van der Waals surface area contributed by atoms with Crippen molar-refractivity contribution in [3.8, 4) is 0 Å². The number of ether oxygens (including phenoxy) is 1. The molecule has 0 radical (unpaired) electrons. The van der Waals surface area contributed by atoms with Crippen molar-refractivity contribution in [1.29, 1.82) is 0 Å². The van der Waals surface area contributed by atoms with Gasteiger partial charge in [0.15, 0.2) is 0 Å². The molecule has 2 saturated heterocycles. The summed E-state index contributed by atoms with van der Waals surface area (Å²) in [5.74, 6) is 0.00967. The van der Waals surface area contributed by atoms with Crippen LogP contribution in [0.15, 0.2) is 48.5 Å². The molecule has 3 amide bonds. The lowest BCUT2D eigenvalue weighted by molar-refractivity contribution is -0.133. The van der Waals surface area contributed by atoms with Gasteiger partial charge in [-0.3, -0.25) is 9.59 Å². The topological polar surface area (TPSA) is 111 Å². The number of piperidine rings is 1. The number of hydrogen-bond acceptors (Lipinski definition) is 6. The van der Waals surface area contributed by atoms with E-state index >= 15 is 0 Å². The summed E-state index contributed by atoms with van der Waals surface area (Å²) in [6, 6.07) is 15.5. The van der Waals surface area contributed by atoms with Gasteiger partial charge >= 0.3 is 13.2 Å². The third-order valence-corrected chi connectivity index (χ3v) is 10.2. The van der Waals surface area contributed by atoms with Crippen LogP contribution in [0, 0.1) is 0 Å². The number of amides is 3. The average molecular weight is 707 g/mol. The zero-order chi connectivity index (χ0) is 36.4. The Morgan fingerprint density at radius 1 is 1.04 bits per heavy atom. The summed E-state index contributed by atoms with van der Waals surface area (Å²) in [6.45, 7) is 17.4. The quantitative estimate of drug-likeness (QED) is 0.252. The summed E-state index contributed by atoms with van der Waals surface area (Å²) in [5.41, 5.74) is 2.45. The Balaban J connectivity index is 1.31. The first-order valence-corrected chi connectivity index (χ1v) is 18.0. The summed E-state index contributed by atoms with van der Waals surface area (Å²) < 4.78 is 20.2. The number of carbonyl (C=O) groups is 3. The summed E-state index contributed by atoms with van der Waals surface area (Å²) in [4.78, 5) is 40.5. The molecule has 0 spiro atoms. The molecule has 3 heterocycles. The van der Waals surface area contributed by atoms with Gasteiger partial charge in [-0.25, -0.2) is 4.79 Å². The van der Waals surface area contributed by atoms with Crippen LogP contribution >= 0.6 is 11.6 Å². The largest absolute Gasteiger partial charge is 0.494 e. The standard InChI is InChI=1S/C38H52BClN4O6/c1-25(45)41-17-19-44-32(21-27-13-16-30(40)22-33(27)44)28-10-9-18-43(24-28)34(46)23-31(42-35(47)48-36(2,3)4)20-26-11-14-29(15-12-26)39-49-37(5,6)38(7,8)50-39/h11-16,21-22,28,31H,9-10,17-20,23-24H2,1-8H3,(H,41,45)(H,42,47)/t28?,31-/m1/s1. The van der Waals surface area contributed by atoms with Gasteiger partial charge in [0.1, 0.15) is 5.60 Å². The van der Waals surface area contributed by atoms with Gasteiger partial charge in [0, 0.05) is 67.7 Å². The van der Waals surface area contributed by atoms with Crippen molar-refractivity contribution in [2.24, 2.45) is 0 Å². The first-order chi connectivity index (χ1) is 23.4. The fourth-order valence-corrected chi connectivity index (χ4v) is 6.85. The Bertz CT molecular complexity index is 1680. The third kappa shape index (κ3) is 9.22. The molecule has 2 aliphatic heterocycles. The van der Waals surface area contributed by atoms with Crippen LogP contribution in [0.2, 0.25) is 5.02 Å². The molecule has 2 N–H and O–H groups in total. The fraction of sp³-hybridized carbons (Fsp3) is 0.553. The van der Waals surface area contributed by atoms with Gasteiger partial charge in [0.05, 0.1) is 11.2 Å². The maximum absolute atomic E-state index is 14.0. The minimum absolute atomic E-state index is 0.0199. The Labute approximate surface area is 301 Å². The van der Waals surface area contributed by atoms with Crippen LogP contribution < -0.4 is 16.1 Å². The van der Waals surface area contributed by atoms with Crippen LogP contribution in [0.4, 0.5) is 4.79 Å². The third-order valence-electron chi connectivity index (χ3n) is 9.93. The Morgan fingerprint density at radius 2 is 1.72 bits per heavy atom. The van der Waals surface area contributed by atoms with E-state index in [0.29, 0.717) is 37.6 Å². The molecule has 0 saturated carbocycles. The zero-order valence-electron chi connectivity index (χ0n) is 30.7. The molecule has 270 valence electrons. The number of alkyl carbamates (subject to hydrolysis) is 1. The summed E-state index contributed by atoms with van der Waals surface area (Å²) in [6.07, 6.45) is 1.82. The fourth-order valence-electron chi connectivity index (χ4n) is 6.69. The van der Waals surface area contributed by atoms with Crippen molar-refractivity contribution < 1.29 is 28.4 Å². The number of nitrogens with one attached hydrogen (secondary N) is 2. The highest BCUT2D eigenvalue weighted by atomic mass is 35.5. The molecule has 1 aromatic heterocycles. The van der Waals surface area contributed by atoms with Gasteiger partial charge in [-0.05, 0) is 102 Å². The molecule has 3 aromatic rings. The second-order valence-electron chi connectivity index (χ2n) is 15.7. The number of hydrogen-bond donors (Lipinski definition) is 2. The highest BCUT2D eigenvalue weighted by Gasteiger charge is 2.51. The molecule has 12 heteroatoms. The van der Waals surface area contributed by atoms with Gasteiger partial charge in [0.25, 0.3) is 0 Å². The van der Waals surface area contributed by atoms with Crippen molar-refractivity contribution in [1.82, 2.24) is 20.1 Å². The second kappa shape index (κ2) is 15.0. The van der Waals surface area contributed by atoms with Crippen molar-refractivity contribution in [3.05, 3.63) is 64.8 Å². The van der Waals surface area contributed by atoms with Crippen molar-refractivity contribution in [2.75, 3.05) is 19.6 Å². The number of fused-ring (bicyclic) bond motifs is 1. The molecule has 2 atom stereocenters. The van der Waals surface area contributed by atoms with E-state index in [1.165, 1.54) is 6.92 Å². The van der Waals surface area contributed by atoms with Crippen molar-refractivity contribution >= 4 is 53.0 Å². The molecular weight excluding hydrogens is 655 g/mol. The molecule has 0 aliphatic carbocycles. The molecule has 50 heavy (non-hydrogen) atoms. The first-order valence-electron chi connectivity index (χ1n) is 17.7. The lowest BCUT2D eigenvalue weighted by Crippen LogP contribution is -2.46. The van der Waals surface area contributed by atoms with E-state index < -0.39 is 36.1 Å². The van der Waals surface area contributed by atoms with Gasteiger partial charge in [-0.2, -0.15) is 0 Å². The van der Waals surface area contributed by atoms with Crippen LogP contribution in [0.3, 0.4) is 0 Å². The Kier molecular flexibility index (Phi) is 11.3. The molecule has 1 unspecified atom stereocenters. The lowest BCUT2D eigenvalue weighted by atomic mass is 9.78. The van der Waals surface area contributed by atoms with Gasteiger partial charge in [0.2, 0.25) is 11.8 Å². The minimum Gasteiger partial charge on any atom is -0.444 e. The van der Waals surface area contributed by atoms with Crippen LogP contribution in [0.5, 0.6) is 0 Å². The summed E-state index contributed by atoms with van der Waals surface area (Å²) >= 11 is 6.38. The second-order valence-corrected chi connectivity index (χ2v) is 16.1. The molecule has 2 aromatic carbocycles. The minimum atomic E-state index is -0.675. The maximum atomic E-state index is 14.0. The Morgan fingerprint density at radius 3 is 2.36 bits per heavy atom. The van der Waals surface area contributed by atoms with E-state index in [1.807, 2.05) is 95.8 Å². The Hall–Kier alpha value is -3.54. The van der Waals surface area contributed by atoms with E-state index in [9.17, 15) is 14.4 Å². The number of halogens is 1. The van der Waals surface area contributed by atoms with E-state index in [4.69, 9.17) is 25.6 Å². The predicted octanol–water partition coefficient (Wildman–Crippen LogP) is 5.96. The smallest absolute Gasteiger partial charge is 0.444 e. The van der Waals surface area contributed by atoms with E-state index in [2.05, 4.69) is 21.3 Å². The molecule has 10 nitrogen and oxygen atoms in total. The normalized spacial score (nSPS) is 19.3. The molecule has 0 bridgehead atoms. The molecule has 2 fully saturated rings. The van der Waals surface area contributed by atoms with Gasteiger partial charge < -0.3 is 34.1 Å². The average Bonchev–Trinajstić information content (AvgIpc) is 3.48. The number of aromatic nitrogens is 1. The summed E-state index contributed by atoms with van der Waals surface area (Å²) in [7, 11) is -0.473. The molecular formula is C38H52BClN4O6. The number of rotatable bonds is 10. The first kappa shape index (κ1) is 37.7. The molecule has 5 rings (SSSR count). The molecule has 2 aliphatic rings.